The second-order valence-corrected chi connectivity index (χ2v) is 6.22. The Morgan fingerprint density at radius 2 is 1.62 bits per heavy atom. The van der Waals surface area contributed by atoms with Crippen molar-refractivity contribution in [3.05, 3.63) is 71.8 Å². The van der Waals surface area contributed by atoms with E-state index in [1.807, 2.05) is 30.3 Å². The fourth-order valence-electron chi connectivity index (χ4n) is 2.89. The van der Waals surface area contributed by atoms with Crippen LogP contribution < -0.4 is 0 Å². The van der Waals surface area contributed by atoms with E-state index in [1.54, 1.807) is 37.3 Å². The fraction of sp³-hybridized carbons (Fsp3) is 0.350. The van der Waals surface area contributed by atoms with Crippen LogP contribution in [-0.4, -0.2) is 46.9 Å². The molecule has 138 valence electrons. The van der Waals surface area contributed by atoms with Crippen LogP contribution in [0, 0.1) is 0 Å². The first kappa shape index (κ1) is 18.5. The highest BCUT2D eigenvalue weighted by Gasteiger charge is 2.46. The largest absolute Gasteiger partial charge is 0.453 e. The topological polar surface area (TPSA) is 85.2 Å². The van der Waals surface area contributed by atoms with Crippen molar-refractivity contribution in [2.75, 3.05) is 0 Å². The van der Waals surface area contributed by atoms with Crippen LogP contribution in [0.15, 0.2) is 60.7 Å². The number of ether oxygens (including phenoxy) is 3. The molecule has 1 saturated heterocycles. The molecule has 0 aromatic heterocycles. The lowest BCUT2D eigenvalue weighted by atomic mass is 9.99. The number of rotatable bonds is 5. The van der Waals surface area contributed by atoms with Crippen LogP contribution in [0.3, 0.4) is 0 Å². The quantitative estimate of drug-likeness (QED) is 0.794. The Balaban J connectivity index is 1.74. The van der Waals surface area contributed by atoms with Gasteiger partial charge >= 0.3 is 5.97 Å². The molecule has 2 aromatic carbocycles. The molecule has 0 amide bonds. The molecular weight excluding hydrogens is 336 g/mol. The van der Waals surface area contributed by atoms with Gasteiger partial charge in [0.1, 0.15) is 12.2 Å². The van der Waals surface area contributed by atoms with Gasteiger partial charge in [0.2, 0.25) is 0 Å². The minimum Gasteiger partial charge on any atom is -0.453 e. The molecule has 2 N–H and O–H groups in total. The number of carbonyl (C=O) groups is 1. The third-order valence-electron chi connectivity index (χ3n) is 4.31. The number of aliphatic hydroxyl groups excluding tert-OH is 2. The van der Waals surface area contributed by atoms with E-state index in [1.165, 1.54) is 0 Å². The Morgan fingerprint density at radius 3 is 2.27 bits per heavy atom. The molecule has 0 bridgehead atoms. The summed E-state index contributed by atoms with van der Waals surface area (Å²) in [6.45, 7) is 1.87. The lowest BCUT2D eigenvalue weighted by Gasteiger charge is -2.41. The molecule has 0 spiro atoms. The van der Waals surface area contributed by atoms with E-state index in [0.29, 0.717) is 5.56 Å². The van der Waals surface area contributed by atoms with Gasteiger partial charge in [0.05, 0.1) is 18.3 Å². The Labute approximate surface area is 151 Å². The van der Waals surface area contributed by atoms with E-state index in [-0.39, 0.29) is 6.61 Å². The van der Waals surface area contributed by atoms with Gasteiger partial charge in [-0.3, -0.25) is 0 Å². The summed E-state index contributed by atoms with van der Waals surface area (Å²) < 4.78 is 16.6. The highest BCUT2D eigenvalue weighted by molar-refractivity contribution is 5.89. The van der Waals surface area contributed by atoms with Crippen LogP contribution in [0.2, 0.25) is 0 Å². The van der Waals surface area contributed by atoms with Gasteiger partial charge in [0, 0.05) is 0 Å². The van der Waals surface area contributed by atoms with E-state index in [9.17, 15) is 15.0 Å². The van der Waals surface area contributed by atoms with E-state index in [0.717, 1.165) is 5.56 Å². The Morgan fingerprint density at radius 1 is 1.00 bits per heavy atom. The van der Waals surface area contributed by atoms with Gasteiger partial charge in [0.15, 0.2) is 12.4 Å². The van der Waals surface area contributed by atoms with Gasteiger partial charge in [-0.2, -0.15) is 0 Å². The molecule has 2 aromatic rings. The summed E-state index contributed by atoms with van der Waals surface area (Å²) >= 11 is 0. The first-order valence-electron chi connectivity index (χ1n) is 8.49. The molecule has 6 heteroatoms. The molecule has 26 heavy (non-hydrogen) atoms. The second-order valence-electron chi connectivity index (χ2n) is 6.22. The third-order valence-corrected chi connectivity index (χ3v) is 4.31. The highest BCUT2D eigenvalue weighted by atomic mass is 16.7. The smallest absolute Gasteiger partial charge is 0.338 e. The molecule has 0 radical (unpaired) electrons. The minimum atomic E-state index is -1.41. The van der Waals surface area contributed by atoms with Crippen molar-refractivity contribution in [1.29, 1.82) is 0 Å². The lowest BCUT2D eigenvalue weighted by Crippen LogP contribution is -2.58. The Hall–Kier alpha value is -2.25. The number of aliphatic hydroxyl groups is 2. The Bertz CT molecular complexity index is 705. The number of esters is 1. The van der Waals surface area contributed by atoms with E-state index >= 15 is 0 Å². The second kappa shape index (κ2) is 8.42. The van der Waals surface area contributed by atoms with Crippen LogP contribution >= 0.6 is 0 Å². The zero-order chi connectivity index (χ0) is 18.5. The van der Waals surface area contributed by atoms with Crippen molar-refractivity contribution >= 4 is 5.97 Å². The summed E-state index contributed by atoms with van der Waals surface area (Å²) in [5.41, 5.74) is 1.29. The number of hydrogen-bond donors (Lipinski definition) is 2. The van der Waals surface area contributed by atoms with Gasteiger partial charge < -0.3 is 24.4 Å². The zero-order valence-electron chi connectivity index (χ0n) is 14.4. The van der Waals surface area contributed by atoms with Crippen LogP contribution in [0.4, 0.5) is 0 Å². The van der Waals surface area contributed by atoms with Crippen molar-refractivity contribution in [1.82, 2.24) is 0 Å². The molecule has 0 saturated carbocycles. The molecular formula is C20H22O6. The van der Waals surface area contributed by atoms with Crippen LogP contribution in [-0.2, 0) is 20.8 Å². The average Bonchev–Trinajstić information content (AvgIpc) is 2.67. The summed E-state index contributed by atoms with van der Waals surface area (Å²) in [5.74, 6) is -0.539. The zero-order valence-corrected chi connectivity index (χ0v) is 14.4. The molecule has 1 heterocycles. The minimum absolute atomic E-state index is 0.210. The fourth-order valence-corrected chi connectivity index (χ4v) is 2.89. The van der Waals surface area contributed by atoms with Crippen molar-refractivity contribution in [2.45, 2.75) is 44.2 Å². The highest BCUT2D eigenvalue weighted by Crippen LogP contribution is 2.26. The van der Waals surface area contributed by atoms with E-state index in [2.05, 4.69) is 0 Å². The molecule has 1 fully saturated rings. The summed E-state index contributed by atoms with van der Waals surface area (Å²) in [6.07, 6.45) is -5.14. The molecule has 5 atom stereocenters. The normalized spacial score (nSPS) is 28.5. The maximum atomic E-state index is 12.4. The molecule has 3 rings (SSSR count). The maximum absolute atomic E-state index is 12.4. The van der Waals surface area contributed by atoms with Crippen molar-refractivity contribution < 1.29 is 29.2 Å². The van der Waals surface area contributed by atoms with Gasteiger partial charge in [-0.15, -0.1) is 0 Å². The SMILES string of the molecule is C[C@@H]1OC(O)[C@H](O)[C@H](OCc2ccccc2)[C@H]1OC(=O)c1ccccc1. The number of benzene rings is 2. The summed E-state index contributed by atoms with van der Waals surface area (Å²) in [4.78, 5) is 12.4. The first-order chi connectivity index (χ1) is 12.6. The molecule has 0 aliphatic carbocycles. The van der Waals surface area contributed by atoms with Gasteiger partial charge in [-0.1, -0.05) is 48.5 Å². The Kier molecular flexibility index (Phi) is 6.00. The summed E-state index contributed by atoms with van der Waals surface area (Å²) in [6, 6.07) is 18.0. The molecule has 6 nitrogen and oxygen atoms in total. The average molecular weight is 358 g/mol. The first-order valence-corrected chi connectivity index (χ1v) is 8.49. The lowest BCUT2D eigenvalue weighted by molar-refractivity contribution is -0.287. The molecule has 1 aliphatic rings. The predicted molar refractivity (Wildman–Crippen MR) is 93.2 cm³/mol. The van der Waals surface area contributed by atoms with Gasteiger partial charge in [-0.25, -0.2) is 4.79 Å². The van der Waals surface area contributed by atoms with E-state index in [4.69, 9.17) is 14.2 Å². The molecule has 1 aliphatic heterocycles. The van der Waals surface area contributed by atoms with Crippen molar-refractivity contribution in [3.63, 3.8) is 0 Å². The van der Waals surface area contributed by atoms with Gasteiger partial charge in [-0.05, 0) is 24.6 Å². The summed E-state index contributed by atoms with van der Waals surface area (Å²) in [7, 11) is 0. The third kappa shape index (κ3) is 4.28. The number of carbonyl (C=O) groups excluding carboxylic acids is 1. The maximum Gasteiger partial charge on any atom is 0.338 e. The van der Waals surface area contributed by atoms with Crippen LogP contribution in [0.25, 0.3) is 0 Å². The standard InChI is InChI=1S/C20H22O6/c1-13-17(26-19(22)15-10-6-3-7-11-15)18(16(21)20(23)25-13)24-12-14-8-4-2-5-9-14/h2-11,13,16-18,20-21,23H,12H2,1H3/t13-,16+,17-,18-,20?/m0/s1. The van der Waals surface area contributed by atoms with Crippen molar-refractivity contribution in [3.8, 4) is 0 Å². The van der Waals surface area contributed by atoms with Crippen LogP contribution in [0.1, 0.15) is 22.8 Å². The van der Waals surface area contributed by atoms with Crippen molar-refractivity contribution in [2.24, 2.45) is 0 Å². The van der Waals surface area contributed by atoms with Gasteiger partial charge in [0.25, 0.3) is 0 Å². The monoisotopic (exact) mass is 358 g/mol. The van der Waals surface area contributed by atoms with E-state index < -0.39 is 36.7 Å². The number of hydrogen-bond acceptors (Lipinski definition) is 6. The predicted octanol–water partition coefficient (Wildman–Crippen LogP) is 1.90. The molecule has 1 unspecified atom stereocenters. The summed E-state index contributed by atoms with van der Waals surface area (Å²) in [5, 5.41) is 20.2. The van der Waals surface area contributed by atoms with Crippen LogP contribution in [0.5, 0.6) is 0 Å².